The minimum Gasteiger partial charge on any atom is -0.395 e. The second-order valence-electron chi connectivity index (χ2n) is 7.21. The Kier molecular flexibility index (Phi) is 7.38. The van der Waals surface area contributed by atoms with Crippen molar-refractivity contribution in [2.45, 2.75) is 30.8 Å². The van der Waals surface area contributed by atoms with Crippen molar-refractivity contribution < 1.29 is 5.11 Å². The standard InChI is InChI=1S/C25H30N2O/c26-24(20-28)18-10-11-19-27-25(21-12-4-1-5-13-21,22-14-6-2-7-15-22)23-16-8-3-9-17-23/h1-9,12-17,24,27-28H,10-11,18-20,26H2/t24-/m0/s1. The fourth-order valence-electron chi connectivity index (χ4n) is 3.77. The van der Waals surface area contributed by atoms with Gasteiger partial charge in [0.05, 0.1) is 12.1 Å². The van der Waals surface area contributed by atoms with Gasteiger partial charge in [0, 0.05) is 6.04 Å². The molecule has 0 radical (unpaired) electrons. The van der Waals surface area contributed by atoms with E-state index in [0.717, 1.165) is 25.8 Å². The van der Waals surface area contributed by atoms with Crippen molar-refractivity contribution in [3.8, 4) is 0 Å². The van der Waals surface area contributed by atoms with Crippen LogP contribution in [-0.4, -0.2) is 24.3 Å². The largest absolute Gasteiger partial charge is 0.395 e. The molecule has 3 aromatic carbocycles. The molecule has 0 saturated carbocycles. The molecule has 0 saturated heterocycles. The summed E-state index contributed by atoms with van der Waals surface area (Å²) in [5.74, 6) is 0. The van der Waals surface area contributed by atoms with Gasteiger partial charge in [-0.05, 0) is 36.1 Å². The minimum atomic E-state index is -0.414. The summed E-state index contributed by atoms with van der Waals surface area (Å²) >= 11 is 0. The summed E-state index contributed by atoms with van der Waals surface area (Å²) in [6.07, 6.45) is 2.83. The van der Waals surface area contributed by atoms with Crippen LogP contribution in [0.15, 0.2) is 91.0 Å². The highest BCUT2D eigenvalue weighted by Crippen LogP contribution is 2.36. The van der Waals surface area contributed by atoms with Gasteiger partial charge in [0.1, 0.15) is 0 Å². The highest BCUT2D eigenvalue weighted by molar-refractivity contribution is 5.49. The first kappa shape index (κ1) is 20.3. The van der Waals surface area contributed by atoms with Crippen molar-refractivity contribution in [3.63, 3.8) is 0 Å². The van der Waals surface area contributed by atoms with E-state index in [4.69, 9.17) is 10.8 Å². The highest BCUT2D eigenvalue weighted by atomic mass is 16.3. The predicted octanol–water partition coefficient (Wildman–Crippen LogP) is 4.06. The molecule has 0 aromatic heterocycles. The van der Waals surface area contributed by atoms with Gasteiger partial charge in [0.25, 0.3) is 0 Å². The van der Waals surface area contributed by atoms with Crippen LogP contribution < -0.4 is 11.1 Å². The number of hydrogen-bond donors (Lipinski definition) is 3. The minimum absolute atomic E-state index is 0.0510. The Hall–Kier alpha value is -2.46. The Bertz CT molecular complexity index is 709. The van der Waals surface area contributed by atoms with E-state index in [9.17, 15) is 0 Å². The first-order valence-electron chi connectivity index (χ1n) is 10.1. The van der Waals surface area contributed by atoms with Gasteiger partial charge in [-0.1, -0.05) is 97.4 Å². The highest BCUT2D eigenvalue weighted by Gasteiger charge is 2.35. The molecule has 4 N–H and O–H groups in total. The summed E-state index contributed by atoms with van der Waals surface area (Å²) in [6.45, 7) is 0.909. The lowest BCUT2D eigenvalue weighted by Crippen LogP contribution is -2.45. The van der Waals surface area contributed by atoms with E-state index in [0.29, 0.717) is 0 Å². The van der Waals surface area contributed by atoms with Crippen LogP contribution in [0.5, 0.6) is 0 Å². The first-order valence-corrected chi connectivity index (χ1v) is 10.1. The molecule has 28 heavy (non-hydrogen) atoms. The molecule has 0 bridgehead atoms. The van der Waals surface area contributed by atoms with E-state index in [-0.39, 0.29) is 12.6 Å². The fourth-order valence-corrected chi connectivity index (χ4v) is 3.77. The zero-order valence-corrected chi connectivity index (χ0v) is 16.3. The number of aliphatic hydroxyl groups excluding tert-OH is 1. The van der Waals surface area contributed by atoms with Crippen LogP contribution in [0, 0.1) is 0 Å². The number of aliphatic hydroxyl groups is 1. The van der Waals surface area contributed by atoms with E-state index in [1.807, 2.05) is 0 Å². The number of nitrogens with one attached hydrogen (secondary N) is 1. The summed E-state index contributed by atoms with van der Waals surface area (Å²) < 4.78 is 0. The van der Waals surface area contributed by atoms with Crippen molar-refractivity contribution in [3.05, 3.63) is 108 Å². The maximum absolute atomic E-state index is 9.13. The molecule has 1 atom stereocenters. The monoisotopic (exact) mass is 374 g/mol. The molecule has 0 amide bonds. The van der Waals surface area contributed by atoms with Gasteiger partial charge >= 0.3 is 0 Å². The molecule has 3 nitrogen and oxygen atoms in total. The molecule has 0 aliphatic heterocycles. The van der Waals surface area contributed by atoms with Crippen LogP contribution in [0.2, 0.25) is 0 Å². The molecular weight excluding hydrogens is 344 g/mol. The Morgan fingerprint density at radius 2 is 1.14 bits per heavy atom. The number of benzene rings is 3. The van der Waals surface area contributed by atoms with Crippen LogP contribution in [0.3, 0.4) is 0 Å². The maximum atomic E-state index is 9.13. The predicted molar refractivity (Wildman–Crippen MR) is 116 cm³/mol. The van der Waals surface area contributed by atoms with Crippen molar-refractivity contribution in [1.82, 2.24) is 5.32 Å². The third-order valence-corrected chi connectivity index (χ3v) is 5.25. The summed E-state index contributed by atoms with van der Waals surface area (Å²) in [6, 6.07) is 31.8. The third kappa shape index (κ3) is 4.68. The second-order valence-corrected chi connectivity index (χ2v) is 7.21. The van der Waals surface area contributed by atoms with Crippen molar-refractivity contribution in [1.29, 1.82) is 0 Å². The van der Waals surface area contributed by atoms with Gasteiger partial charge < -0.3 is 10.8 Å². The first-order chi connectivity index (χ1) is 13.8. The molecular formula is C25H30N2O. The lowest BCUT2D eigenvalue weighted by Gasteiger charge is -2.37. The number of hydrogen-bond acceptors (Lipinski definition) is 3. The van der Waals surface area contributed by atoms with E-state index >= 15 is 0 Å². The lowest BCUT2D eigenvalue weighted by atomic mass is 9.77. The van der Waals surface area contributed by atoms with E-state index in [1.54, 1.807) is 0 Å². The maximum Gasteiger partial charge on any atom is 0.0947 e. The summed E-state index contributed by atoms with van der Waals surface area (Å²) in [5, 5.41) is 13.0. The Morgan fingerprint density at radius 1 is 0.714 bits per heavy atom. The fraction of sp³-hybridized carbons (Fsp3) is 0.280. The van der Waals surface area contributed by atoms with Crippen molar-refractivity contribution >= 4 is 0 Å². The molecule has 0 aliphatic carbocycles. The Morgan fingerprint density at radius 3 is 1.54 bits per heavy atom. The van der Waals surface area contributed by atoms with E-state index in [2.05, 4.69) is 96.3 Å². The zero-order chi connectivity index (χ0) is 19.7. The smallest absolute Gasteiger partial charge is 0.0947 e. The molecule has 0 unspecified atom stereocenters. The van der Waals surface area contributed by atoms with Gasteiger partial charge in [0.15, 0.2) is 0 Å². The van der Waals surface area contributed by atoms with Gasteiger partial charge in [-0.25, -0.2) is 0 Å². The summed E-state index contributed by atoms with van der Waals surface area (Å²) in [5.41, 5.74) is 9.10. The molecule has 0 fully saturated rings. The van der Waals surface area contributed by atoms with E-state index < -0.39 is 5.54 Å². The van der Waals surface area contributed by atoms with Gasteiger partial charge in [0.2, 0.25) is 0 Å². The van der Waals surface area contributed by atoms with Gasteiger partial charge in [-0.2, -0.15) is 0 Å². The van der Waals surface area contributed by atoms with Crippen LogP contribution >= 0.6 is 0 Å². The van der Waals surface area contributed by atoms with Crippen molar-refractivity contribution in [2.75, 3.05) is 13.2 Å². The molecule has 146 valence electrons. The van der Waals surface area contributed by atoms with Gasteiger partial charge in [-0.15, -0.1) is 0 Å². The van der Waals surface area contributed by atoms with Crippen molar-refractivity contribution in [2.24, 2.45) is 5.73 Å². The van der Waals surface area contributed by atoms with Crippen LogP contribution in [0.25, 0.3) is 0 Å². The summed E-state index contributed by atoms with van der Waals surface area (Å²) in [4.78, 5) is 0. The SMILES string of the molecule is N[C@H](CO)CCCCNC(c1ccccc1)(c1ccccc1)c1ccccc1. The topological polar surface area (TPSA) is 58.3 Å². The quantitative estimate of drug-likeness (QED) is 0.370. The number of unbranched alkanes of at least 4 members (excludes halogenated alkanes) is 1. The molecule has 0 spiro atoms. The second kappa shape index (κ2) is 10.2. The summed E-state index contributed by atoms with van der Waals surface area (Å²) in [7, 11) is 0. The lowest BCUT2D eigenvalue weighted by molar-refractivity contribution is 0.257. The molecule has 0 heterocycles. The average molecular weight is 375 g/mol. The van der Waals surface area contributed by atoms with E-state index in [1.165, 1.54) is 16.7 Å². The number of rotatable bonds is 10. The third-order valence-electron chi connectivity index (χ3n) is 5.25. The van der Waals surface area contributed by atoms with Crippen LogP contribution in [0.1, 0.15) is 36.0 Å². The molecule has 0 aliphatic rings. The Labute approximate surface area is 168 Å². The zero-order valence-electron chi connectivity index (χ0n) is 16.3. The number of nitrogens with two attached hydrogens (primary N) is 1. The van der Waals surface area contributed by atoms with Gasteiger partial charge in [-0.3, -0.25) is 5.32 Å². The molecule has 3 heteroatoms. The molecule has 3 rings (SSSR count). The van der Waals surface area contributed by atoms with Crippen LogP contribution in [0.4, 0.5) is 0 Å². The van der Waals surface area contributed by atoms with Crippen LogP contribution in [-0.2, 0) is 5.54 Å². The Balaban J connectivity index is 1.95. The average Bonchev–Trinajstić information content (AvgIpc) is 2.78. The molecule has 3 aromatic rings. The normalized spacial score (nSPS) is 12.6.